The van der Waals surface area contributed by atoms with Crippen molar-refractivity contribution in [3.8, 4) is 17.9 Å². The van der Waals surface area contributed by atoms with Crippen LogP contribution in [0.2, 0.25) is 0 Å². The number of hydrogen-bond acceptors (Lipinski definition) is 5. The fourth-order valence-electron chi connectivity index (χ4n) is 3.25. The van der Waals surface area contributed by atoms with Gasteiger partial charge < -0.3 is 19.8 Å². The minimum Gasteiger partial charge on any atom is -0.355 e. The molecule has 0 radical (unpaired) electrons. The number of aryl methyl sites for hydroxylation is 1. The van der Waals surface area contributed by atoms with Gasteiger partial charge >= 0.3 is 0 Å². The molecule has 0 aromatic carbocycles. The molecule has 1 fully saturated rings. The molecule has 1 aliphatic heterocycles. The van der Waals surface area contributed by atoms with E-state index in [0.717, 1.165) is 19.4 Å². The molecule has 3 heterocycles. The Bertz CT molecular complexity index is 936. The van der Waals surface area contributed by atoms with E-state index in [9.17, 15) is 10.1 Å². The summed E-state index contributed by atoms with van der Waals surface area (Å²) in [6, 6.07) is 2.29. The largest absolute Gasteiger partial charge is 0.355 e. The first-order valence-corrected chi connectivity index (χ1v) is 7.96. The molecule has 7 nitrogen and oxygen atoms in total. The fraction of sp³-hybridized carbons (Fsp3) is 0.471. The minimum absolute atomic E-state index is 0.0600. The number of nitrogens with two attached hydrogens (primary N) is 1. The predicted molar refractivity (Wildman–Crippen MR) is 92.6 cm³/mol. The van der Waals surface area contributed by atoms with Crippen LogP contribution in [0.4, 0.5) is 5.82 Å². The van der Waals surface area contributed by atoms with Crippen LogP contribution in [0.3, 0.4) is 0 Å². The van der Waals surface area contributed by atoms with Crippen molar-refractivity contribution >= 4 is 16.9 Å². The highest BCUT2D eigenvalue weighted by Gasteiger charge is 2.27. The van der Waals surface area contributed by atoms with Crippen molar-refractivity contribution in [1.29, 1.82) is 5.26 Å². The van der Waals surface area contributed by atoms with E-state index in [4.69, 9.17) is 5.73 Å². The van der Waals surface area contributed by atoms with Crippen LogP contribution in [-0.4, -0.2) is 33.2 Å². The maximum absolute atomic E-state index is 12.6. The van der Waals surface area contributed by atoms with Crippen molar-refractivity contribution in [2.24, 2.45) is 12.8 Å². The van der Waals surface area contributed by atoms with Crippen LogP contribution in [0, 0.1) is 23.2 Å². The van der Waals surface area contributed by atoms with Crippen LogP contribution >= 0.6 is 0 Å². The van der Waals surface area contributed by atoms with E-state index in [0.29, 0.717) is 35.5 Å². The maximum Gasteiger partial charge on any atom is 0.277 e. The van der Waals surface area contributed by atoms with Crippen molar-refractivity contribution in [2.45, 2.75) is 32.4 Å². The predicted octanol–water partition coefficient (Wildman–Crippen LogP) is 0.557. The monoisotopic (exact) mass is 324 g/mol. The standard InChI is InChI=1S/C17H20N6O/c1-3-4-8-23-15-14(20-11-21(2)17(15)24)13(9-18)16(23)22-7-5-6-12(19)10-22/h11-12H,5-8,10,19H2,1-2H3/t12-/m0/s1. The first-order valence-electron chi connectivity index (χ1n) is 7.96. The smallest absolute Gasteiger partial charge is 0.277 e. The van der Waals surface area contributed by atoms with Gasteiger partial charge in [-0.25, -0.2) is 4.98 Å². The van der Waals surface area contributed by atoms with E-state index in [1.165, 1.54) is 10.9 Å². The van der Waals surface area contributed by atoms with E-state index < -0.39 is 0 Å². The molecule has 0 bridgehead atoms. The molecule has 1 atom stereocenters. The van der Waals surface area contributed by atoms with E-state index >= 15 is 0 Å². The Balaban J connectivity index is 2.32. The molecule has 1 aliphatic rings. The Labute approximate surface area is 140 Å². The van der Waals surface area contributed by atoms with Crippen molar-refractivity contribution in [3.63, 3.8) is 0 Å². The number of nitriles is 1. The molecule has 0 amide bonds. The highest BCUT2D eigenvalue weighted by Crippen LogP contribution is 2.31. The van der Waals surface area contributed by atoms with Gasteiger partial charge in [-0.05, 0) is 19.8 Å². The highest BCUT2D eigenvalue weighted by atomic mass is 16.1. The molecule has 24 heavy (non-hydrogen) atoms. The van der Waals surface area contributed by atoms with Gasteiger partial charge in [0.15, 0.2) is 0 Å². The Morgan fingerprint density at radius 3 is 2.96 bits per heavy atom. The van der Waals surface area contributed by atoms with Gasteiger partial charge in [0.25, 0.3) is 5.56 Å². The number of piperidine rings is 1. The first-order chi connectivity index (χ1) is 11.6. The van der Waals surface area contributed by atoms with Crippen LogP contribution in [0.15, 0.2) is 11.1 Å². The van der Waals surface area contributed by atoms with Gasteiger partial charge in [0, 0.05) is 26.2 Å². The fourth-order valence-corrected chi connectivity index (χ4v) is 3.25. The zero-order chi connectivity index (χ0) is 17.3. The van der Waals surface area contributed by atoms with Crippen LogP contribution < -0.4 is 16.2 Å². The summed E-state index contributed by atoms with van der Waals surface area (Å²) >= 11 is 0. The number of anilines is 1. The summed E-state index contributed by atoms with van der Waals surface area (Å²) < 4.78 is 3.24. The SMILES string of the molecule is CC#CCn1c(N2CCC[C@H](N)C2)c(C#N)c2ncn(C)c(=O)c21. The molecule has 2 N–H and O–H groups in total. The summed E-state index contributed by atoms with van der Waals surface area (Å²) in [5.74, 6) is 6.57. The maximum atomic E-state index is 12.6. The summed E-state index contributed by atoms with van der Waals surface area (Å²) in [5.41, 5.74) is 7.22. The molecule has 1 saturated heterocycles. The number of hydrogen-bond donors (Lipinski definition) is 1. The Morgan fingerprint density at radius 2 is 2.29 bits per heavy atom. The average molecular weight is 324 g/mol. The van der Waals surface area contributed by atoms with E-state index in [1.807, 2.05) is 4.57 Å². The summed E-state index contributed by atoms with van der Waals surface area (Å²) in [6.45, 7) is 3.56. The molecule has 0 spiro atoms. The van der Waals surface area contributed by atoms with Crippen LogP contribution in [-0.2, 0) is 13.6 Å². The molecule has 0 aliphatic carbocycles. The lowest BCUT2D eigenvalue weighted by molar-refractivity contribution is 0.499. The van der Waals surface area contributed by atoms with Gasteiger partial charge in [-0.1, -0.05) is 5.92 Å². The number of fused-ring (bicyclic) bond motifs is 1. The van der Waals surface area contributed by atoms with Crippen molar-refractivity contribution < 1.29 is 0 Å². The average Bonchev–Trinajstić information content (AvgIpc) is 2.90. The van der Waals surface area contributed by atoms with Crippen LogP contribution in [0.25, 0.3) is 11.0 Å². The first kappa shape index (κ1) is 16.1. The lowest BCUT2D eigenvalue weighted by atomic mass is 10.1. The highest BCUT2D eigenvalue weighted by molar-refractivity contribution is 5.89. The minimum atomic E-state index is -0.179. The lowest BCUT2D eigenvalue weighted by Crippen LogP contribution is -2.44. The molecule has 0 saturated carbocycles. The van der Waals surface area contributed by atoms with Crippen LogP contribution in [0.5, 0.6) is 0 Å². The lowest BCUT2D eigenvalue weighted by Gasteiger charge is -2.33. The van der Waals surface area contributed by atoms with Gasteiger partial charge in [0.1, 0.15) is 28.5 Å². The topological polar surface area (TPSA) is 92.9 Å². The third-order valence-electron chi connectivity index (χ3n) is 4.38. The summed E-state index contributed by atoms with van der Waals surface area (Å²) in [5, 5.41) is 9.71. The van der Waals surface area contributed by atoms with E-state index in [2.05, 4.69) is 27.8 Å². The zero-order valence-corrected chi connectivity index (χ0v) is 13.9. The number of nitrogens with zero attached hydrogens (tertiary/aromatic N) is 5. The van der Waals surface area contributed by atoms with Gasteiger partial charge in [0.05, 0.1) is 12.9 Å². The van der Waals surface area contributed by atoms with Crippen LogP contribution in [0.1, 0.15) is 25.3 Å². The second-order valence-electron chi connectivity index (χ2n) is 6.03. The Hall–Kier alpha value is -2.77. The normalized spacial score (nSPS) is 17.4. The number of aromatic nitrogens is 3. The van der Waals surface area contributed by atoms with Gasteiger partial charge in [-0.15, -0.1) is 5.92 Å². The summed E-state index contributed by atoms with van der Waals surface area (Å²) in [4.78, 5) is 19.1. The summed E-state index contributed by atoms with van der Waals surface area (Å²) in [6.07, 6.45) is 3.37. The molecular formula is C17H20N6O. The van der Waals surface area contributed by atoms with Gasteiger partial charge in [-0.3, -0.25) is 4.79 Å². The van der Waals surface area contributed by atoms with E-state index in [-0.39, 0.29) is 11.6 Å². The molecule has 0 unspecified atom stereocenters. The second kappa shape index (κ2) is 6.38. The Morgan fingerprint density at radius 1 is 1.50 bits per heavy atom. The second-order valence-corrected chi connectivity index (χ2v) is 6.03. The van der Waals surface area contributed by atoms with Crippen molar-refractivity contribution in [3.05, 3.63) is 22.2 Å². The molecule has 7 heteroatoms. The molecule has 124 valence electrons. The van der Waals surface area contributed by atoms with Crippen molar-refractivity contribution in [1.82, 2.24) is 14.1 Å². The number of rotatable bonds is 2. The Kier molecular flexibility index (Phi) is 4.28. The molecule has 3 rings (SSSR count). The van der Waals surface area contributed by atoms with Crippen molar-refractivity contribution in [2.75, 3.05) is 18.0 Å². The third-order valence-corrected chi connectivity index (χ3v) is 4.38. The summed E-state index contributed by atoms with van der Waals surface area (Å²) in [7, 11) is 1.65. The van der Waals surface area contributed by atoms with Gasteiger partial charge in [-0.2, -0.15) is 5.26 Å². The molecule has 2 aromatic rings. The third kappa shape index (κ3) is 2.53. The molecule has 2 aromatic heterocycles. The van der Waals surface area contributed by atoms with Gasteiger partial charge in [0.2, 0.25) is 0 Å². The quantitative estimate of drug-likeness (QED) is 0.815. The zero-order valence-electron chi connectivity index (χ0n) is 13.9. The van der Waals surface area contributed by atoms with E-state index in [1.54, 1.807) is 14.0 Å². The molecular weight excluding hydrogens is 304 g/mol.